The predicted molar refractivity (Wildman–Crippen MR) is 61.7 cm³/mol. The van der Waals surface area contributed by atoms with Crippen molar-refractivity contribution in [2.75, 3.05) is 20.1 Å². The fourth-order valence-electron chi connectivity index (χ4n) is 2.18. The van der Waals surface area contributed by atoms with Crippen molar-refractivity contribution in [3.8, 4) is 0 Å². The molecular formula is C13H16F3N. The van der Waals surface area contributed by atoms with Crippen LogP contribution in [0.4, 0.5) is 13.2 Å². The smallest absolute Gasteiger partial charge is 0.302 e. The number of rotatable bonds is 1. The maximum Gasteiger partial charge on any atom is 0.412 e. The van der Waals surface area contributed by atoms with E-state index in [0.717, 1.165) is 30.7 Å². The summed E-state index contributed by atoms with van der Waals surface area (Å²) in [5.74, 6) is 0. The van der Waals surface area contributed by atoms with Crippen molar-refractivity contribution in [2.45, 2.75) is 25.4 Å². The van der Waals surface area contributed by atoms with Crippen molar-refractivity contribution < 1.29 is 13.2 Å². The van der Waals surface area contributed by atoms with E-state index in [1.54, 1.807) is 0 Å². The third kappa shape index (κ3) is 3.00. The van der Waals surface area contributed by atoms with E-state index < -0.39 is 11.7 Å². The van der Waals surface area contributed by atoms with Crippen LogP contribution in [0.3, 0.4) is 0 Å². The molecule has 0 radical (unpaired) electrons. The molecule has 0 atom stereocenters. The fourth-order valence-corrected chi connectivity index (χ4v) is 2.18. The molecule has 0 fully saturated rings. The summed E-state index contributed by atoms with van der Waals surface area (Å²) in [7, 11) is 2.01. The molecule has 1 aliphatic heterocycles. The lowest BCUT2D eigenvalue weighted by molar-refractivity contribution is -0.0941. The normalized spacial score (nSPS) is 22.9. The van der Waals surface area contributed by atoms with Crippen LogP contribution in [0.15, 0.2) is 34.9 Å². The van der Waals surface area contributed by atoms with Crippen LogP contribution in [0.1, 0.15) is 19.3 Å². The molecule has 2 rings (SSSR count). The van der Waals surface area contributed by atoms with Gasteiger partial charge in [-0.2, -0.15) is 13.2 Å². The molecule has 0 aromatic heterocycles. The largest absolute Gasteiger partial charge is 0.412 e. The van der Waals surface area contributed by atoms with Gasteiger partial charge in [0.25, 0.3) is 0 Å². The van der Waals surface area contributed by atoms with Gasteiger partial charge in [0.1, 0.15) is 0 Å². The molecule has 0 bridgehead atoms. The molecule has 2 aliphatic rings. The summed E-state index contributed by atoms with van der Waals surface area (Å²) in [6.45, 7) is 1.74. The number of likely N-dealkylation sites (N-methyl/N-ethyl adjacent to an activating group) is 1. The van der Waals surface area contributed by atoms with Crippen LogP contribution < -0.4 is 0 Å². The molecule has 94 valence electrons. The highest BCUT2D eigenvalue weighted by molar-refractivity contribution is 5.45. The van der Waals surface area contributed by atoms with Crippen molar-refractivity contribution in [2.24, 2.45) is 0 Å². The molecule has 0 aromatic rings. The Morgan fingerprint density at radius 3 is 2.53 bits per heavy atom. The zero-order valence-corrected chi connectivity index (χ0v) is 9.85. The van der Waals surface area contributed by atoms with Crippen molar-refractivity contribution in [3.63, 3.8) is 0 Å². The molecular weight excluding hydrogens is 227 g/mol. The van der Waals surface area contributed by atoms with Crippen LogP contribution in [0.5, 0.6) is 0 Å². The maximum atomic E-state index is 12.6. The second-order valence-corrected chi connectivity index (χ2v) is 4.61. The van der Waals surface area contributed by atoms with E-state index in [0.29, 0.717) is 6.42 Å². The Morgan fingerprint density at radius 2 is 1.94 bits per heavy atom. The van der Waals surface area contributed by atoms with E-state index >= 15 is 0 Å². The molecule has 4 heteroatoms. The SMILES string of the molecule is CN1CC=C(C2=CCCC(C(F)(F)F)=C2)CC1. The molecule has 0 aromatic carbocycles. The summed E-state index contributed by atoms with van der Waals surface area (Å²) in [5, 5.41) is 0. The predicted octanol–water partition coefficient (Wildman–Crippen LogP) is 3.46. The highest BCUT2D eigenvalue weighted by atomic mass is 19.4. The average Bonchev–Trinajstić information content (AvgIpc) is 2.29. The van der Waals surface area contributed by atoms with Crippen LogP contribution in [-0.4, -0.2) is 31.2 Å². The Balaban J connectivity index is 2.17. The zero-order chi connectivity index (χ0) is 12.5. The standard InChI is InChI=1S/C13H16F3N/c1-17-7-5-10(6-8-17)11-3-2-4-12(9-11)13(14,15)16/h3,5,9H,2,4,6-8H2,1H3. The molecule has 1 nitrogen and oxygen atoms in total. The van der Waals surface area contributed by atoms with Gasteiger partial charge in [0.2, 0.25) is 0 Å². The summed E-state index contributed by atoms with van der Waals surface area (Å²) < 4.78 is 37.9. The third-order valence-corrected chi connectivity index (χ3v) is 3.25. The number of halogens is 3. The quantitative estimate of drug-likeness (QED) is 0.681. The van der Waals surface area contributed by atoms with Gasteiger partial charge in [0, 0.05) is 18.7 Å². The first-order valence-corrected chi connectivity index (χ1v) is 5.82. The van der Waals surface area contributed by atoms with E-state index in [1.807, 2.05) is 19.2 Å². The van der Waals surface area contributed by atoms with Crippen molar-refractivity contribution in [1.29, 1.82) is 0 Å². The van der Waals surface area contributed by atoms with Crippen LogP contribution in [0.25, 0.3) is 0 Å². The monoisotopic (exact) mass is 243 g/mol. The number of hydrogen-bond acceptors (Lipinski definition) is 1. The highest BCUT2D eigenvalue weighted by Crippen LogP contribution is 2.35. The van der Waals surface area contributed by atoms with Gasteiger partial charge < -0.3 is 4.90 Å². The molecule has 0 unspecified atom stereocenters. The minimum atomic E-state index is -4.18. The Morgan fingerprint density at radius 1 is 1.18 bits per heavy atom. The van der Waals surface area contributed by atoms with Crippen molar-refractivity contribution >= 4 is 0 Å². The lowest BCUT2D eigenvalue weighted by atomic mass is 9.91. The van der Waals surface area contributed by atoms with E-state index in [9.17, 15) is 13.2 Å². The maximum absolute atomic E-state index is 12.6. The Kier molecular flexibility index (Phi) is 3.43. The lowest BCUT2D eigenvalue weighted by Gasteiger charge is -2.24. The highest BCUT2D eigenvalue weighted by Gasteiger charge is 2.34. The molecule has 0 spiro atoms. The number of alkyl halides is 3. The van der Waals surface area contributed by atoms with Crippen molar-refractivity contribution in [1.82, 2.24) is 4.90 Å². The van der Waals surface area contributed by atoms with Gasteiger partial charge in [0.05, 0.1) is 0 Å². The molecule has 0 amide bonds. The summed E-state index contributed by atoms with van der Waals surface area (Å²) in [6, 6.07) is 0. The molecule has 1 heterocycles. The molecule has 1 aliphatic carbocycles. The average molecular weight is 243 g/mol. The van der Waals surface area contributed by atoms with E-state index in [1.165, 1.54) is 6.08 Å². The lowest BCUT2D eigenvalue weighted by Crippen LogP contribution is -2.24. The van der Waals surface area contributed by atoms with E-state index in [-0.39, 0.29) is 6.42 Å². The molecule has 0 N–H and O–H groups in total. The number of allylic oxidation sites excluding steroid dienone is 4. The van der Waals surface area contributed by atoms with Gasteiger partial charge in [-0.3, -0.25) is 0 Å². The number of nitrogens with zero attached hydrogens (tertiary/aromatic N) is 1. The Bertz CT molecular complexity index is 388. The van der Waals surface area contributed by atoms with Gasteiger partial charge >= 0.3 is 6.18 Å². The molecule has 0 saturated heterocycles. The minimum absolute atomic E-state index is 0.111. The summed E-state index contributed by atoms with van der Waals surface area (Å²) in [5.41, 5.74) is 1.44. The third-order valence-electron chi connectivity index (χ3n) is 3.25. The van der Waals surface area contributed by atoms with E-state index in [4.69, 9.17) is 0 Å². The second kappa shape index (κ2) is 4.69. The topological polar surface area (TPSA) is 3.24 Å². The first kappa shape index (κ1) is 12.4. The van der Waals surface area contributed by atoms with Gasteiger partial charge in [-0.25, -0.2) is 0 Å². The van der Waals surface area contributed by atoms with Gasteiger partial charge in [-0.1, -0.05) is 12.2 Å². The molecule has 0 saturated carbocycles. The van der Waals surface area contributed by atoms with Crippen LogP contribution >= 0.6 is 0 Å². The Hall–Kier alpha value is -1.03. The van der Waals surface area contributed by atoms with Crippen LogP contribution in [-0.2, 0) is 0 Å². The van der Waals surface area contributed by atoms with E-state index in [2.05, 4.69) is 4.90 Å². The fraction of sp³-hybridized carbons (Fsp3) is 0.538. The summed E-state index contributed by atoms with van der Waals surface area (Å²) >= 11 is 0. The summed E-state index contributed by atoms with van der Waals surface area (Å²) in [6.07, 6.45) is 2.54. The minimum Gasteiger partial charge on any atom is -0.302 e. The summed E-state index contributed by atoms with van der Waals surface area (Å²) in [4.78, 5) is 2.15. The van der Waals surface area contributed by atoms with Crippen LogP contribution in [0, 0.1) is 0 Å². The molecule has 17 heavy (non-hydrogen) atoms. The zero-order valence-electron chi connectivity index (χ0n) is 9.85. The van der Waals surface area contributed by atoms with Gasteiger partial charge in [0.15, 0.2) is 0 Å². The first-order valence-electron chi connectivity index (χ1n) is 5.82. The second-order valence-electron chi connectivity index (χ2n) is 4.61. The van der Waals surface area contributed by atoms with Gasteiger partial charge in [-0.05, 0) is 43.5 Å². The van der Waals surface area contributed by atoms with Gasteiger partial charge in [-0.15, -0.1) is 0 Å². The number of hydrogen-bond donors (Lipinski definition) is 0. The van der Waals surface area contributed by atoms with Crippen LogP contribution in [0.2, 0.25) is 0 Å². The Labute approximate surface area is 99.3 Å². The first-order chi connectivity index (χ1) is 7.97. The van der Waals surface area contributed by atoms with Crippen molar-refractivity contribution in [3.05, 3.63) is 34.9 Å².